The van der Waals surface area contributed by atoms with Crippen LogP contribution >= 0.6 is 11.6 Å². The number of carbonyl (C=O) groups is 1. The van der Waals surface area contributed by atoms with E-state index in [1.165, 1.54) is 19.2 Å². The summed E-state index contributed by atoms with van der Waals surface area (Å²) in [5.41, 5.74) is 2.65. The monoisotopic (exact) mass is 307 g/mol. The molecule has 5 nitrogen and oxygen atoms in total. The third-order valence-corrected chi connectivity index (χ3v) is 3.24. The summed E-state index contributed by atoms with van der Waals surface area (Å²) in [6.07, 6.45) is 0. The summed E-state index contributed by atoms with van der Waals surface area (Å²) in [5, 5.41) is 9.26. The minimum Gasteiger partial charge on any atom is -0.493 e. The molecule has 0 fully saturated rings. The van der Waals surface area contributed by atoms with Crippen molar-refractivity contribution >= 4 is 17.5 Å². The summed E-state index contributed by atoms with van der Waals surface area (Å²) >= 11 is 6.06. The number of carbonyl (C=O) groups excluding carboxylic acids is 1. The number of ether oxygens (including phenoxy) is 2. The van der Waals surface area contributed by atoms with E-state index in [1.807, 2.05) is 18.2 Å². The van der Waals surface area contributed by atoms with Crippen molar-refractivity contribution in [3.05, 3.63) is 58.6 Å². The molecule has 0 aromatic heterocycles. The van der Waals surface area contributed by atoms with Gasteiger partial charge in [0.1, 0.15) is 6.61 Å². The van der Waals surface area contributed by atoms with Crippen LogP contribution in [0.2, 0.25) is 5.02 Å². The Labute approximate surface area is 127 Å². The summed E-state index contributed by atoms with van der Waals surface area (Å²) in [6.45, 7) is 0.236. The van der Waals surface area contributed by atoms with E-state index in [-0.39, 0.29) is 12.2 Å². The average molecular weight is 308 g/mol. The second-order valence-corrected chi connectivity index (χ2v) is 4.59. The number of methoxy groups -OCH3 is 1. The molecule has 21 heavy (non-hydrogen) atoms. The van der Waals surface area contributed by atoms with Crippen molar-refractivity contribution in [3.63, 3.8) is 0 Å². The van der Waals surface area contributed by atoms with Gasteiger partial charge in [-0.3, -0.25) is 10.0 Å². The van der Waals surface area contributed by atoms with Gasteiger partial charge in [0.15, 0.2) is 11.5 Å². The van der Waals surface area contributed by atoms with Crippen molar-refractivity contribution < 1.29 is 19.5 Å². The summed E-state index contributed by atoms with van der Waals surface area (Å²) in [7, 11) is 1.50. The number of benzene rings is 2. The van der Waals surface area contributed by atoms with Crippen LogP contribution in [0.25, 0.3) is 0 Å². The van der Waals surface area contributed by atoms with Crippen LogP contribution < -0.4 is 15.0 Å². The Hall–Kier alpha value is -2.24. The smallest absolute Gasteiger partial charge is 0.274 e. The van der Waals surface area contributed by atoms with Gasteiger partial charge in [0.2, 0.25) is 0 Å². The first kappa shape index (κ1) is 15.2. The molecule has 2 N–H and O–H groups in total. The highest BCUT2D eigenvalue weighted by Crippen LogP contribution is 2.29. The molecule has 0 aliphatic rings. The van der Waals surface area contributed by atoms with Crippen LogP contribution in [0.15, 0.2) is 42.5 Å². The van der Waals surface area contributed by atoms with Gasteiger partial charge in [0.05, 0.1) is 7.11 Å². The molecule has 0 bridgehead atoms. The number of hydrogen-bond acceptors (Lipinski definition) is 4. The molecule has 2 aromatic rings. The van der Waals surface area contributed by atoms with Crippen LogP contribution in [-0.2, 0) is 6.61 Å². The number of amides is 1. The van der Waals surface area contributed by atoms with Crippen molar-refractivity contribution in [2.75, 3.05) is 7.11 Å². The molecule has 0 heterocycles. The maximum atomic E-state index is 11.4. The van der Waals surface area contributed by atoms with E-state index in [1.54, 1.807) is 17.6 Å². The maximum absolute atomic E-state index is 11.4. The van der Waals surface area contributed by atoms with Gasteiger partial charge in [-0.2, -0.15) is 0 Å². The van der Waals surface area contributed by atoms with E-state index in [2.05, 4.69) is 0 Å². The first-order chi connectivity index (χ1) is 10.2. The zero-order chi connectivity index (χ0) is 15.2. The van der Waals surface area contributed by atoms with Gasteiger partial charge in [0.25, 0.3) is 5.91 Å². The van der Waals surface area contributed by atoms with E-state index in [9.17, 15) is 4.79 Å². The van der Waals surface area contributed by atoms with E-state index >= 15 is 0 Å². The largest absolute Gasteiger partial charge is 0.493 e. The minimum atomic E-state index is -0.625. The lowest BCUT2D eigenvalue weighted by molar-refractivity contribution is 0.0706. The zero-order valence-electron chi connectivity index (χ0n) is 11.3. The lowest BCUT2D eigenvalue weighted by atomic mass is 10.2. The van der Waals surface area contributed by atoms with Crippen LogP contribution in [0.5, 0.6) is 11.5 Å². The molecule has 0 aliphatic heterocycles. The minimum absolute atomic E-state index is 0.236. The van der Waals surface area contributed by atoms with Crippen LogP contribution in [0, 0.1) is 0 Å². The van der Waals surface area contributed by atoms with Crippen molar-refractivity contribution in [1.82, 2.24) is 5.48 Å². The van der Waals surface area contributed by atoms with Crippen LogP contribution in [0.3, 0.4) is 0 Å². The fraction of sp³-hybridized carbons (Fsp3) is 0.133. The predicted molar refractivity (Wildman–Crippen MR) is 78.0 cm³/mol. The molecule has 0 atom stereocenters. The third-order valence-electron chi connectivity index (χ3n) is 2.87. The molecule has 0 saturated heterocycles. The number of nitrogens with one attached hydrogen (secondary N) is 1. The molecular weight excluding hydrogens is 294 g/mol. The van der Waals surface area contributed by atoms with Crippen molar-refractivity contribution in [3.8, 4) is 11.5 Å². The van der Waals surface area contributed by atoms with Gasteiger partial charge in [-0.15, -0.1) is 0 Å². The standard InChI is InChI=1S/C15H14ClNO4/c1-20-13-7-6-10(15(18)17-19)8-14(13)21-9-11-4-2-3-5-12(11)16/h2-8,19H,9H2,1H3,(H,17,18). The summed E-state index contributed by atoms with van der Waals surface area (Å²) in [5.74, 6) is 0.246. The first-order valence-electron chi connectivity index (χ1n) is 6.14. The molecule has 2 rings (SSSR count). The highest BCUT2D eigenvalue weighted by atomic mass is 35.5. The molecule has 1 amide bonds. The molecule has 2 aromatic carbocycles. The van der Waals surface area contributed by atoms with Gasteiger partial charge in [0, 0.05) is 16.1 Å². The lowest BCUT2D eigenvalue weighted by Crippen LogP contribution is -2.18. The highest BCUT2D eigenvalue weighted by molar-refractivity contribution is 6.31. The number of hydroxylamine groups is 1. The molecular formula is C15H14ClNO4. The summed E-state index contributed by atoms with van der Waals surface area (Å²) in [6, 6.07) is 11.9. The molecule has 0 unspecified atom stereocenters. The van der Waals surface area contributed by atoms with E-state index < -0.39 is 5.91 Å². The number of hydrogen-bond donors (Lipinski definition) is 2. The van der Waals surface area contributed by atoms with Gasteiger partial charge in [-0.25, -0.2) is 5.48 Å². The molecule has 0 radical (unpaired) electrons. The Morgan fingerprint density at radius 1 is 1.24 bits per heavy atom. The Balaban J connectivity index is 2.21. The van der Waals surface area contributed by atoms with E-state index in [0.717, 1.165) is 5.56 Å². The summed E-state index contributed by atoms with van der Waals surface area (Å²) < 4.78 is 10.8. The van der Waals surface area contributed by atoms with Gasteiger partial charge in [-0.05, 0) is 24.3 Å². The SMILES string of the molecule is COc1ccc(C(=O)NO)cc1OCc1ccccc1Cl. The lowest BCUT2D eigenvalue weighted by Gasteiger charge is -2.12. The Bertz CT molecular complexity index is 645. The molecule has 110 valence electrons. The summed E-state index contributed by atoms with van der Waals surface area (Å²) in [4.78, 5) is 11.4. The molecule has 0 saturated carbocycles. The Morgan fingerprint density at radius 3 is 2.67 bits per heavy atom. The quantitative estimate of drug-likeness (QED) is 0.658. The van der Waals surface area contributed by atoms with Crippen LogP contribution in [0.4, 0.5) is 0 Å². The van der Waals surface area contributed by atoms with Gasteiger partial charge >= 0.3 is 0 Å². The van der Waals surface area contributed by atoms with Gasteiger partial charge < -0.3 is 9.47 Å². The Morgan fingerprint density at radius 2 is 2.00 bits per heavy atom. The fourth-order valence-electron chi connectivity index (χ4n) is 1.77. The van der Waals surface area contributed by atoms with Crippen molar-refractivity contribution in [2.45, 2.75) is 6.61 Å². The van der Waals surface area contributed by atoms with Gasteiger partial charge in [-0.1, -0.05) is 29.8 Å². The van der Waals surface area contributed by atoms with Crippen molar-refractivity contribution in [2.24, 2.45) is 0 Å². The van der Waals surface area contributed by atoms with Crippen molar-refractivity contribution in [1.29, 1.82) is 0 Å². The van der Waals surface area contributed by atoms with Crippen LogP contribution in [-0.4, -0.2) is 18.2 Å². The first-order valence-corrected chi connectivity index (χ1v) is 6.52. The van der Waals surface area contributed by atoms with Crippen LogP contribution in [0.1, 0.15) is 15.9 Å². The number of halogens is 1. The Kier molecular flexibility index (Phi) is 5.03. The topological polar surface area (TPSA) is 67.8 Å². The molecule has 6 heteroatoms. The average Bonchev–Trinajstić information content (AvgIpc) is 2.53. The molecule has 0 aliphatic carbocycles. The highest BCUT2D eigenvalue weighted by Gasteiger charge is 2.11. The normalized spacial score (nSPS) is 10.0. The fourth-order valence-corrected chi connectivity index (χ4v) is 1.96. The third kappa shape index (κ3) is 3.65. The zero-order valence-corrected chi connectivity index (χ0v) is 12.1. The number of rotatable bonds is 5. The van der Waals surface area contributed by atoms with E-state index in [4.69, 9.17) is 26.3 Å². The predicted octanol–water partition coefficient (Wildman–Crippen LogP) is 3.05. The second kappa shape index (κ2) is 6.97. The second-order valence-electron chi connectivity index (χ2n) is 4.19. The molecule has 0 spiro atoms. The maximum Gasteiger partial charge on any atom is 0.274 e. The van der Waals surface area contributed by atoms with E-state index in [0.29, 0.717) is 16.5 Å².